The molecule has 2 heterocycles. The van der Waals surface area contributed by atoms with Crippen LogP contribution in [0.2, 0.25) is 0 Å². The van der Waals surface area contributed by atoms with E-state index in [0.29, 0.717) is 43.4 Å². The Balaban J connectivity index is 1.31. The molecule has 0 bridgehead atoms. The third-order valence-corrected chi connectivity index (χ3v) is 7.08. The smallest absolute Gasteiger partial charge is 0.261 e. The van der Waals surface area contributed by atoms with E-state index >= 15 is 0 Å². The molecule has 0 atom stereocenters. The standard InChI is InChI=1S/C24H26N6O4S/c1-25-23(32)19-5-9-21(10-6-19)35(33,34)28-20-7-3-18(4-8-20)17-22(31)29-13-15-30(16-14-29)24-26-11-2-12-27-24/h2-12,28H,13-17H2,1H3,(H,25,32). The quantitative estimate of drug-likeness (QED) is 0.510. The van der Waals surface area contributed by atoms with Crippen LogP contribution in [-0.4, -0.2) is 68.3 Å². The lowest BCUT2D eigenvalue weighted by Gasteiger charge is -2.34. The number of aromatic nitrogens is 2. The Kier molecular flexibility index (Phi) is 7.25. The molecule has 35 heavy (non-hydrogen) atoms. The Labute approximate surface area is 204 Å². The third-order valence-electron chi connectivity index (χ3n) is 5.68. The number of hydrogen-bond acceptors (Lipinski definition) is 7. The molecule has 2 aromatic carbocycles. The van der Waals surface area contributed by atoms with Crippen molar-refractivity contribution in [1.29, 1.82) is 0 Å². The fraction of sp³-hybridized carbons (Fsp3) is 0.250. The van der Waals surface area contributed by atoms with Gasteiger partial charge in [0.2, 0.25) is 11.9 Å². The van der Waals surface area contributed by atoms with Crippen LogP contribution in [-0.2, 0) is 21.2 Å². The second-order valence-electron chi connectivity index (χ2n) is 8.00. The minimum Gasteiger partial charge on any atom is -0.355 e. The van der Waals surface area contributed by atoms with Crippen LogP contribution in [0.1, 0.15) is 15.9 Å². The van der Waals surface area contributed by atoms with Gasteiger partial charge >= 0.3 is 0 Å². The second kappa shape index (κ2) is 10.5. The van der Waals surface area contributed by atoms with Crippen LogP contribution in [0.25, 0.3) is 0 Å². The van der Waals surface area contributed by atoms with Crippen molar-refractivity contribution in [3.63, 3.8) is 0 Å². The van der Waals surface area contributed by atoms with E-state index in [0.717, 1.165) is 5.56 Å². The van der Waals surface area contributed by atoms with Gasteiger partial charge in [-0.2, -0.15) is 0 Å². The van der Waals surface area contributed by atoms with Gasteiger partial charge in [0.1, 0.15) is 0 Å². The molecule has 0 unspecified atom stereocenters. The molecule has 1 saturated heterocycles. The second-order valence-corrected chi connectivity index (χ2v) is 9.68. The summed E-state index contributed by atoms with van der Waals surface area (Å²) in [6, 6.07) is 14.2. The number of carbonyl (C=O) groups is 2. The van der Waals surface area contributed by atoms with Crippen LogP contribution in [0.4, 0.5) is 11.6 Å². The summed E-state index contributed by atoms with van der Waals surface area (Å²) in [5.74, 6) is 0.391. The van der Waals surface area contributed by atoms with Crippen molar-refractivity contribution in [3.8, 4) is 0 Å². The molecule has 11 heteroatoms. The number of anilines is 2. The van der Waals surface area contributed by atoms with Crippen LogP contribution in [0, 0.1) is 0 Å². The summed E-state index contributed by atoms with van der Waals surface area (Å²) in [5, 5.41) is 2.49. The van der Waals surface area contributed by atoms with Gasteiger partial charge in [-0.25, -0.2) is 18.4 Å². The maximum atomic E-state index is 12.7. The molecule has 1 aliphatic rings. The summed E-state index contributed by atoms with van der Waals surface area (Å²) < 4.78 is 27.9. The molecule has 1 aromatic heterocycles. The van der Waals surface area contributed by atoms with Gasteiger partial charge in [-0.15, -0.1) is 0 Å². The van der Waals surface area contributed by atoms with Crippen molar-refractivity contribution in [3.05, 3.63) is 78.1 Å². The van der Waals surface area contributed by atoms with Gasteiger partial charge in [-0.1, -0.05) is 12.1 Å². The summed E-state index contributed by atoms with van der Waals surface area (Å²) in [7, 11) is -2.31. The molecular weight excluding hydrogens is 468 g/mol. The molecule has 1 aliphatic heterocycles. The Morgan fingerprint density at radius 3 is 2.14 bits per heavy atom. The van der Waals surface area contributed by atoms with Gasteiger partial charge in [0.05, 0.1) is 11.3 Å². The van der Waals surface area contributed by atoms with Crippen molar-refractivity contribution >= 4 is 33.5 Å². The van der Waals surface area contributed by atoms with E-state index in [1.54, 1.807) is 42.7 Å². The number of nitrogens with zero attached hydrogens (tertiary/aromatic N) is 4. The van der Waals surface area contributed by atoms with E-state index in [-0.39, 0.29) is 23.1 Å². The van der Waals surface area contributed by atoms with Crippen LogP contribution in [0.5, 0.6) is 0 Å². The van der Waals surface area contributed by atoms with Gasteiger partial charge in [0.15, 0.2) is 0 Å². The molecule has 0 spiro atoms. The SMILES string of the molecule is CNC(=O)c1ccc(S(=O)(=O)Nc2ccc(CC(=O)N3CCN(c4ncccn4)CC3)cc2)cc1. The van der Waals surface area contributed by atoms with Gasteiger partial charge in [-0.3, -0.25) is 14.3 Å². The Morgan fingerprint density at radius 1 is 0.914 bits per heavy atom. The van der Waals surface area contributed by atoms with Gasteiger partial charge < -0.3 is 15.1 Å². The van der Waals surface area contributed by atoms with E-state index in [1.165, 1.54) is 31.3 Å². The van der Waals surface area contributed by atoms with Crippen molar-refractivity contribution < 1.29 is 18.0 Å². The molecule has 1 fully saturated rings. The normalized spacial score (nSPS) is 13.9. The number of benzene rings is 2. The summed E-state index contributed by atoms with van der Waals surface area (Å²) in [4.78, 5) is 36.8. The molecule has 2 amide bonds. The highest BCUT2D eigenvalue weighted by atomic mass is 32.2. The van der Waals surface area contributed by atoms with E-state index in [4.69, 9.17) is 0 Å². The van der Waals surface area contributed by atoms with E-state index in [2.05, 4.69) is 24.9 Å². The van der Waals surface area contributed by atoms with Crippen molar-refractivity contribution in [2.24, 2.45) is 0 Å². The van der Waals surface area contributed by atoms with Gasteiger partial charge in [0, 0.05) is 56.9 Å². The highest BCUT2D eigenvalue weighted by Gasteiger charge is 2.22. The predicted molar refractivity (Wildman–Crippen MR) is 132 cm³/mol. The minimum absolute atomic E-state index is 0.0168. The average Bonchev–Trinajstić information content (AvgIpc) is 2.90. The molecule has 0 saturated carbocycles. The first kappa shape index (κ1) is 24.1. The highest BCUT2D eigenvalue weighted by Crippen LogP contribution is 2.18. The lowest BCUT2D eigenvalue weighted by atomic mass is 10.1. The zero-order valence-corrected chi connectivity index (χ0v) is 20.0. The number of carbonyl (C=O) groups excluding carboxylic acids is 2. The maximum Gasteiger partial charge on any atom is 0.261 e. The Bertz CT molecular complexity index is 1270. The van der Waals surface area contributed by atoms with Gasteiger partial charge in [0.25, 0.3) is 15.9 Å². The number of rotatable bonds is 7. The first-order valence-electron chi connectivity index (χ1n) is 11.1. The van der Waals surface area contributed by atoms with Crippen LogP contribution in [0.3, 0.4) is 0 Å². The topological polar surface area (TPSA) is 125 Å². The lowest BCUT2D eigenvalue weighted by Crippen LogP contribution is -2.49. The number of nitrogens with one attached hydrogen (secondary N) is 2. The van der Waals surface area contributed by atoms with Crippen LogP contribution >= 0.6 is 0 Å². The van der Waals surface area contributed by atoms with E-state index in [1.807, 2.05) is 4.90 Å². The molecule has 182 valence electrons. The Hall–Kier alpha value is -3.99. The minimum atomic E-state index is -3.82. The molecule has 10 nitrogen and oxygen atoms in total. The third kappa shape index (κ3) is 5.93. The zero-order valence-electron chi connectivity index (χ0n) is 19.2. The predicted octanol–water partition coefficient (Wildman–Crippen LogP) is 1.53. The van der Waals surface area contributed by atoms with Crippen molar-refractivity contribution in [2.45, 2.75) is 11.3 Å². The summed E-state index contributed by atoms with van der Waals surface area (Å²) in [6.45, 7) is 2.52. The summed E-state index contributed by atoms with van der Waals surface area (Å²) in [5.41, 5.74) is 1.55. The zero-order chi connectivity index (χ0) is 24.8. The molecule has 2 N–H and O–H groups in total. The number of piperazine rings is 1. The Morgan fingerprint density at radius 2 is 1.54 bits per heavy atom. The monoisotopic (exact) mass is 494 g/mol. The maximum absolute atomic E-state index is 12.7. The summed E-state index contributed by atoms with van der Waals surface area (Å²) in [6.07, 6.45) is 3.63. The summed E-state index contributed by atoms with van der Waals surface area (Å²) >= 11 is 0. The van der Waals surface area contributed by atoms with Crippen molar-refractivity contribution in [2.75, 3.05) is 42.8 Å². The lowest BCUT2D eigenvalue weighted by molar-refractivity contribution is -0.130. The fourth-order valence-corrected chi connectivity index (χ4v) is 4.79. The van der Waals surface area contributed by atoms with Gasteiger partial charge in [-0.05, 0) is 48.0 Å². The molecule has 4 rings (SSSR count). The molecule has 0 radical (unpaired) electrons. The van der Waals surface area contributed by atoms with E-state index in [9.17, 15) is 18.0 Å². The molecular formula is C24H26N6O4S. The van der Waals surface area contributed by atoms with Crippen LogP contribution < -0.4 is 14.9 Å². The fourth-order valence-electron chi connectivity index (χ4n) is 3.73. The largest absolute Gasteiger partial charge is 0.355 e. The molecule has 3 aromatic rings. The first-order chi connectivity index (χ1) is 16.9. The van der Waals surface area contributed by atoms with Crippen molar-refractivity contribution in [1.82, 2.24) is 20.2 Å². The van der Waals surface area contributed by atoms with Crippen LogP contribution in [0.15, 0.2) is 71.9 Å². The van der Waals surface area contributed by atoms with E-state index < -0.39 is 10.0 Å². The number of amides is 2. The molecule has 0 aliphatic carbocycles. The first-order valence-corrected chi connectivity index (χ1v) is 12.6. The average molecular weight is 495 g/mol. The highest BCUT2D eigenvalue weighted by molar-refractivity contribution is 7.92. The number of sulfonamides is 1. The number of hydrogen-bond donors (Lipinski definition) is 2.